The summed E-state index contributed by atoms with van der Waals surface area (Å²) in [5.41, 5.74) is 0.863. The van der Waals surface area contributed by atoms with Crippen molar-refractivity contribution in [3.63, 3.8) is 0 Å². The topological polar surface area (TPSA) is 58.4 Å². The van der Waals surface area contributed by atoms with Crippen LogP contribution in [0.2, 0.25) is 0 Å². The second-order valence-corrected chi connectivity index (χ2v) is 6.76. The molecule has 1 unspecified atom stereocenters. The Morgan fingerprint density at radius 1 is 1.14 bits per heavy atom. The van der Waals surface area contributed by atoms with E-state index in [0.717, 1.165) is 38.3 Å². The Morgan fingerprint density at radius 2 is 1.91 bits per heavy atom. The van der Waals surface area contributed by atoms with E-state index in [1.54, 1.807) is 16.8 Å². The first-order valence-corrected chi connectivity index (χ1v) is 8.02. The molecule has 0 spiro atoms. The molecular weight excluding hydrogens is 280 g/mol. The molecule has 6 nitrogen and oxygen atoms in total. The van der Waals surface area contributed by atoms with Gasteiger partial charge in [-0.1, -0.05) is 0 Å². The maximum atomic E-state index is 11.8. The highest BCUT2D eigenvalue weighted by Gasteiger charge is 2.31. The van der Waals surface area contributed by atoms with Crippen molar-refractivity contribution in [3.05, 3.63) is 28.2 Å². The molecule has 0 bridgehead atoms. The third-order valence-corrected chi connectivity index (χ3v) is 4.70. The summed E-state index contributed by atoms with van der Waals surface area (Å²) in [6, 6.07) is 3.35. The summed E-state index contributed by atoms with van der Waals surface area (Å²) in [6.45, 7) is 6.60. The molecule has 0 aliphatic carbocycles. The zero-order chi connectivity index (χ0) is 15.7. The van der Waals surface area contributed by atoms with Gasteiger partial charge in [0.05, 0.1) is 12.2 Å². The van der Waals surface area contributed by atoms with Crippen LogP contribution in [0.1, 0.15) is 18.5 Å². The van der Waals surface area contributed by atoms with Crippen molar-refractivity contribution < 1.29 is 4.79 Å². The monoisotopic (exact) mass is 304 g/mol. The summed E-state index contributed by atoms with van der Waals surface area (Å²) < 4.78 is 1.59. The van der Waals surface area contributed by atoms with Crippen LogP contribution in [0, 0.1) is 18.8 Å². The van der Waals surface area contributed by atoms with Crippen LogP contribution in [0.5, 0.6) is 0 Å². The van der Waals surface area contributed by atoms with Gasteiger partial charge in [-0.15, -0.1) is 0 Å². The summed E-state index contributed by atoms with van der Waals surface area (Å²) in [5.74, 6) is 1.36. The van der Waals surface area contributed by atoms with Gasteiger partial charge >= 0.3 is 0 Å². The van der Waals surface area contributed by atoms with Gasteiger partial charge in [0, 0.05) is 51.6 Å². The van der Waals surface area contributed by atoms with Crippen LogP contribution in [0.15, 0.2) is 16.9 Å². The molecule has 120 valence electrons. The lowest BCUT2D eigenvalue weighted by Crippen LogP contribution is -2.52. The summed E-state index contributed by atoms with van der Waals surface area (Å²) in [5, 5.41) is 4.30. The normalized spacial score (nSPS) is 23.6. The van der Waals surface area contributed by atoms with E-state index in [4.69, 9.17) is 0 Å². The number of nitrogens with zero attached hydrogens (tertiary/aromatic N) is 4. The molecule has 3 heterocycles. The highest BCUT2D eigenvalue weighted by molar-refractivity contribution is 5.76. The van der Waals surface area contributed by atoms with Crippen LogP contribution in [0.4, 0.5) is 0 Å². The van der Waals surface area contributed by atoms with Crippen molar-refractivity contribution in [1.82, 2.24) is 19.6 Å². The minimum Gasteiger partial charge on any atom is -0.345 e. The number of carbonyl (C=O) groups is 1. The minimum atomic E-state index is -0.0172. The molecule has 2 aliphatic heterocycles. The number of amides is 1. The van der Waals surface area contributed by atoms with E-state index >= 15 is 0 Å². The first kappa shape index (κ1) is 15.2. The average Bonchev–Trinajstić information content (AvgIpc) is 2.44. The van der Waals surface area contributed by atoms with Gasteiger partial charge in [0.25, 0.3) is 5.56 Å². The molecule has 22 heavy (non-hydrogen) atoms. The summed E-state index contributed by atoms with van der Waals surface area (Å²) in [4.78, 5) is 27.5. The van der Waals surface area contributed by atoms with E-state index < -0.39 is 0 Å². The number of rotatable bonds is 4. The van der Waals surface area contributed by atoms with Crippen molar-refractivity contribution in [2.24, 2.45) is 11.8 Å². The number of aryl methyl sites for hydroxylation is 1. The SMILES string of the molecule is Cc1ccc(=O)n(CC2CN(CC3CCC(=O)N(C)C3)C2)n1. The summed E-state index contributed by atoms with van der Waals surface area (Å²) in [6.07, 6.45) is 1.68. The molecule has 2 saturated heterocycles. The third kappa shape index (κ3) is 3.38. The molecule has 0 saturated carbocycles. The number of aromatic nitrogens is 2. The maximum Gasteiger partial charge on any atom is 0.266 e. The largest absolute Gasteiger partial charge is 0.345 e. The Bertz CT molecular complexity index is 606. The van der Waals surface area contributed by atoms with E-state index in [1.165, 1.54) is 0 Å². The van der Waals surface area contributed by atoms with Crippen molar-refractivity contribution in [3.8, 4) is 0 Å². The quantitative estimate of drug-likeness (QED) is 0.805. The summed E-state index contributed by atoms with van der Waals surface area (Å²) >= 11 is 0. The molecule has 1 atom stereocenters. The van der Waals surface area contributed by atoms with Crippen LogP contribution in [0.25, 0.3) is 0 Å². The van der Waals surface area contributed by atoms with Gasteiger partial charge in [0.2, 0.25) is 5.91 Å². The number of carbonyl (C=O) groups excluding carboxylic acids is 1. The lowest BCUT2D eigenvalue weighted by atomic mass is 9.93. The van der Waals surface area contributed by atoms with Gasteiger partial charge in [-0.3, -0.25) is 9.59 Å². The Kier molecular flexibility index (Phi) is 4.29. The fourth-order valence-electron chi connectivity index (χ4n) is 3.48. The second kappa shape index (κ2) is 6.20. The van der Waals surface area contributed by atoms with Gasteiger partial charge in [0.1, 0.15) is 0 Å². The van der Waals surface area contributed by atoms with E-state index in [2.05, 4.69) is 10.00 Å². The molecule has 1 aromatic rings. The summed E-state index contributed by atoms with van der Waals surface area (Å²) in [7, 11) is 1.89. The van der Waals surface area contributed by atoms with Crippen LogP contribution in [0.3, 0.4) is 0 Å². The highest BCUT2D eigenvalue weighted by atomic mass is 16.2. The zero-order valence-corrected chi connectivity index (χ0v) is 13.4. The molecular formula is C16H24N4O2. The Labute approximate surface area is 130 Å². The minimum absolute atomic E-state index is 0.0172. The van der Waals surface area contributed by atoms with Crippen LogP contribution in [-0.2, 0) is 11.3 Å². The van der Waals surface area contributed by atoms with E-state index in [1.807, 2.05) is 18.9 Å². The molecule has 1 aromatic heterocycles. The van der Waals surface area contributed by atoms with E-state index in [-0.39, 0.29) is 11.5 Å². The van der Waals surface area contributed by atoms with Crippen molar-refractivity contribution in [2.45, 2.75) is 26.3 Å². The number of piperidine rings is 1. The molecule has 2 aliphatic rings. The lowest BCUT2D eigenvalue weighted by molar-refractivity contribution is -0.133. The lowest BCUT2D eigenvalue weighted by Gasteiger charge is -2.42. The Balaban J connectivity index is 1.45. The van der Waals surface area contributed by atoms with Crippen LogP contribution >= 0.6 is 0 Å². The first-order chi connectivity index (χ1) is 10.5. The van der Waals surface area contributed by atoms with Gasteiger partial charge in [-0.2, -0.15) is 5.10 Å². The standard InChI is InChI=1S/C16H24N4O2/c1-12-3-5-16(22)20(17-12)11-14-9-19(10-14)8-13-4-6-15(21)18(2)7-13/h3,5,13-14H,4,6-11H2,1-2H3. The van der Waals surface area contributed by atoms with Crippen LogP contribution in [-0.4, -0.2) is 58.7 Å². The van der Waals surface area contributed by atoms with E-state index in [0.29, 0.717) is 24.8 Å². The number of likely N-dealkylation sites (tertiary alicyclic amines) is 2. The maximum absolute atomic E-state index is 11.8. The molecule has 6 heteroatoms. The molecule has 3 rings (SSSR count). The molecule has 0 N–H and O–H groups in total. The predicted molar refractivity (Wildman–Crippen MR) is 83.5 cm³/mol. The van der Waals surface area contributed by atoms with Crippen molar-refractivity contribution >= 4 is 5.91 Å². The van der Waals surface area contributed by atoms with Gasteiger partial charge in [-0.25, -0.2) is 4.68 Å². The highest BCUT2D eigenvalue weighted by Crippen LogP contribution is 2.23. The van der Waals surface area contributed by atoms with Gasteiger partial charge < -0.3 is 9.80 Å². The third-order valence-electron chi connectivity index (χ3n) is 4.70. The molecule has 1 amide bonds. The molecule has 0 aromatic carbocycles. The zero-order valence-electron chi connectivity index (χ0n) is 13.4. The van der Waals surface area contributed by atoms with E-state index in [9.17, 15) is 9.59 Å². The second-order valence-electron chi connectivity index (χ2n) is 6.76. The average molecular weight is 304 g/mol. The van der Waals surface area contributed by atoms with Gasteiger partial charge in [0.15, 0.2) is 0 Å². The first-order valence-electron chi connectivity index (χ1n) is 8.02. The Morgan fingerprint density at radius 3 is 2.64 bits per heavy atom. The number of hydrogen-bond donors (Lipinski definition) is 0. The van der Waals surface area contributed by atoms with Crippen molar-refractivity contribution in [2.75, 3.05) is 33.2 Å². The van der Waals surface area contributed by atoms with Gasteiger partial charge in [-0.05, 0) is 25.3 Å². The fraction of sp³-hybridized carbons (Fsp3) is 0.688. The van der Waals surface area contributed by atoms with Crippen molar-refractivity contribution in [1.29, 1.82) is 0 Å². The Hall–Kier alpha value is -1.69. The van der Waals surface area contributed by atoms with Crippen LogP contribution < -0.4 is 5.56 Å². The smallest absolute Gasteiger partial charge is 0.266 e. The number of hydrogen-bond acceptors (Lipinski definition) is 4. The molecule has 0 radical (unpaired) electrons. The fourth-order valence-corrected chi connectivity index (χ4v) is 3.48. The molecule has 2 fully saturated rings. The predicted octanol–water partition coefficient (Wildman–Crippen LogP) is 0.352.